The van der Waals surface area contributed by atoms with Gasteiger partial charge in [0.15, 0.2) is 5.13 Å². The monoisotopic (exact) mass is 344 g/mol. The number of aliphatic carboxylic acids is 1. The molecule has 122 valence electrons. The number of amides is 1. The van der Waals surface area contributed by atoms with E-state index in [2.05, 4.69) is 10.3 Å². The Morgan fingerprint density at radius 2 is 1.87 bits per heavy atom. The van der Waals surface area contributed by atoms with Gasteiger partial charge < -0.3 is 5.11 Å². The number of hydrogen-bond acceptors (Lipinski definition) is 4. The highest BCUT2D eigenvalue weighted by atomic mass is 32.1. The molecule has 0 atom stereocenters. The average Bonchev–Trinajstić information content (AvgIpc) is 2.77. The van der Waals surface area contributed by atoms with Gasteiger partial charge in [0.1, 0.15) is 0 Å². The molecule has 9 heteroatoms. The van der Waals surface area contributed by atoms with Gasteiger partial charge in [0.05, 0.1) is 17.7 Å². The minimum absolute atomic E-state index is 0.0469. The van der Waals surface area contributed by atoms with Crippen LogP contribution in [-0.4, -0.2) is 22.0 Å². The van der Waals surface area contributed by atoms with Crippen molar-refractivity contribution in [2.24, 2.45) is 0 Å². The van der Waals surface area contributed by atoms with Crippen LogP contribution in [0.5, 0.6) is 0 Å². The fourth-order valence-electron chi connectivity index (χ4n) is 1.76. The van der Waals surface area contributed by atoms with Crippen LogP contribution in [0.3, 0.4) is 0 Å². The fraction of sp³-hybridized carbons (Fsp3) is 0.214. The Hall–Kier alpha value is -2.42. The number of rotatable bonds is 4. The molecule has 0 aliphatic heterocycles. The summed E-state index contributed by atoms with van der Waals surface area (Å²) in [5, 5.41) is 11.4. The summed E-state index contributed by atoms with van der Waals surface area (Å²) >= 11 is 1.01. The summed E-state index contributed by atoms with van der Waals surface area (Å²) in [7, 11) is 0. The van der Waals surface area contributed by atoms with Crippen molar-refractivity contribution >= 4 is 28.3 Å². The number of carboxylic acid groups (broad SMARTS) is 1. The van der Waals surface area contributed by atoms with Crippen molar-refractivity contribution in [3.63, 3.8) is 0 Å². The van der Waals surface area contributed by atoms with Crippen LogP contribution in [0, 0.1) is 6.92 Å². The van der Waals surface area contributed by atoms with Crippen molar-refractivity contribution < 1.29 is 27.9 Å². The second-order valence-electron chi connectivity index (χ2n) is 4.63. The molecule has 0 aliphatic rings. The normalized spacial score (nSPS) is 11.3. The second kappa shape index (κ2) is 6.37. The third kappa shape index (κ3) is 4.28. The molecule has 2 aromatic rings. The molecule has 0 bridgehead atoms. The molecule has 0 radical (unpaired) electrons. The zero-order chi connectivity index (χ0) is 17.2. The van der Waals surface area contributed by atoms with Crippen LogP contribution in [0.15, 0.2) is 24.3 Å². The molecule has 1 aromatic carbocycles. The van der Waals surface area contributed by atoms with Crippen LogP contribution in [0.1, 0.15) is 26.5 Å². The number of nitrogens with zero attached hydrogens (tertiary/aromatic N) is 1. The van der Waals surface area contributed by atoms with Crippen molar-refractivity contribution in [3.05, 3.63) is 46.0 Å². The Balaban J connectivity index is 2.11. The molecule has 0 saturated carbocycles. The van der Waals surface area contributed by atoms with E-state index in [1.807, 2.05) is 0 Å². The van der Waals surface area contributed by atoms with Crippen LogP contribution in [0.25, 0.3) is 0 Å². The number of carboxylic acids is 1. The standard InChI is InChI=1S/C14H11F3N2O3S/c1-7-10(6-11(20)21)23-13(18-7)19-12(22)8-2-4-9(5-3-8)14(15,16)17/h2-5H,6H2,1H3,(H,20,21)(H,18,19,22). The van der Waals surface area contributed by atoms with Gasteiger partial charge in [-0.25, -0.2) is 4.98 Å². The summed E-state index contributed by atoms with van der Waals surface area (Å²) in [4.78, 5) is 27.2. The van der Waals surface area contributed by atoms with E-state index >= 15 is 0 Å². The summed E-state index contributed by atoms with van der Waals surface area (Å²) in [6.45, 7) is 1.61. The van der Waals surface area contributed by atoms with E-state index in [9.17, 15) is 22.8 Å². The molecule has 0 aliphatic carbocycles. The van der Waals surface area contributed by atoms with Crippen molar-refractivity contribution in [3.8, 4) is 0 Å². The first-order valence-electron chi connectivity index (χ1n) is 6.33. The Labute approximate surface area is 132 Å². The van der Waals surface area contributed by atoms with Gasteiger partial charge in [-0.3, -0.25) is 14.9 Å². The Morgan fingerprint density at radius 1 is 1.26 bits per heavy atom. The first kappa shape index (κ1) is 16.9. The lowest BCUT2D eigenvalue weighted by Gasteiger charge is -2.07. The number of aryl methyl sites for hydroxylation is 1. The second-order valence-corrected chi connectivity index (χ2v) is 5.71. The molecule has 2 N–H and O–H groups in total. The van der Waals surface area contributed by atoms with Gasteiger partial charge in [-0.15, -0.1) is 11.3 Å². The van der Waals surface area contributed by atoms with E-state index in [4.69, 9.17) is 5.11 Å². The quantitative estimate of drug-likeness (QED) is 0.891. The Morgan fingerprint density at radius 3 is 2.39 bits per heavy atom. The molecule has 1 aromatic heterocycles. The molecule has 5 nitrogen and oxygen atoms in total. The number of thiazole rings is 1. The van der Waals surface area contributed by atoms with Crippen LogP contribution in [0.4, 0.5) is 18.3 Å². The maximum atomic E-state index is 12.5. The largest absolute Gasteiger partial charge is 0.481 e. The summed E-state index contributed by atoms with van der Waals surface area (Å²) in [6.07, 6.45) is -4.67. The number of carbonyl (C=O) groups is 2. The number of benzene rings is 1. The highest BCUT2D eigenvalue weighted by Gasteiger charge is 2.30. The van der Waals surface area contributed by atoms with Crippen LogP contribution < -0.4 is 5.32 Å². The number of carbonyl (C=O) groups excluding carboxylic acids is 1. The van der Waals surface area contributed by atoms with Crippen LogP contribution >= 0.6 is 11.3 Å². The van der Waals surface area contributed by atoms with Gasteiger partial charge in [0.2, 0.25) is 0 Å². The molecule has 0 unspecified atom stereocenters. The average molecular weight is 344 g/mol. The number of hydrogen-bond donors (Lipinski definition) is 2. The number of anilines is 1. The maximum Gasteiger partial charge on any atom is 0.416 e. The lowest BCUT2D eigenvalue weighted by molar-refractivity contribution is -0.138. The molecule has 1 heterocycles. The minimum Gasteiger partial charge on any atom is -0.481 e. The summed E-state index contributed by atoms with van der Waals surface area (Å²) in [6, 6.07) is 3.77. The van der Waals surface area contributed by atoms with Gasteiger partial charge in [-0.1, -0.05) is 0 Å². The third-order valence-electron chi connectivity index (χ3n) is 2.90. The summed E-state index contributed by atoms with van der Waals surface area (Å²) in [5.41, 5.74) is -0.311. The zero-order valence-electron chi connectivity index (χ0n) is 11.8. The SMILES string of the molecule is Cc1nc(NC(=O)c2ccc(C(F)(F)F)cc2)sc1CC(=O)O. The van der Waals surface area contributed by atoms with E-state index < -0.39 is 23.6 Å². The van der Waals surface area contributed by atoms with Gasteiger partial charge >= 0.3 is 12.1 Å². The third-order valence-corrected chi connectivity index (χ3v) is 3.97. The maximum absolute atomic E-state index is 12.5. The highest BCUT2D eigenvalue weighted by molar-refractivity contribution is 7.16. The molecule has 0 fully saturated rings. The van der Waals surface area contributed by atoms with Crippen molar-refractivity contribution in [1.82, 2.24) is 4.98 Å². The summed E-state index contributed by atoms with van der Waals surface area (Å²) in [5.74, 6) is -1.63. The predicted octanol–water partition coefficient (Wildman–Crippen LogP) is 3.35. The topological polar surface area (TPSA) is 79.3 Å². The van der Waals surface area contributed by atoms with Gasteiger partial charge in [0, 0.05) is 10.4 Å². The van der Waals surface area contributed by atoms with Gasteiger partial charge in [-0.2, -0.15) is 13.2 Å². The Kier molecular flexibility index (Phi) is 4.69. The van der Waals surface area contributed by atoms with Crippen LogP contribution in [0.2, 0.25) is 0 Å². The van der Waals surface area contributed by atoms with Gasteiger partial charge in [0.25, 0.3) is 5.91 Å². The fourth-order valence-corrected chi connectivity index (χ4v) is 2.71. The number of halogens is 3. The first-order valence-corrected chi connectivity index (χ1v) is 7.15. The lowest BCUT2D eigenvalue weighted by atomic mass is 10.1. The molecular weight excluding hydrogens is 333 g/mol. The smallest absolute Gasteiger partial charge is 0.416 e. The van der Waals surface area contributed by atoms with Crippen LogP contribution in [-0.2, 0) is 17.4 Å². The molecule has 2 rings (SSSR count). The predicted molar refractivity (Wildman–Crippen MR) is 77.6 cm³/mol. The highest BCUT2D eigenvalue weighted by Crippen LogP contribution is 2.29. The number of alkyl halides is 3. The first-order chi connectivity index (χ1) is 10.7. The van der Waals surface area contributed by atoms with E-state index in [0.717, 1.165) is 35.6 Å². The summed E-state index contributed by atoms with van der Waals surface area (Å²) < 4.78 is 37.4. The molecule has 23 heavy (non-hydrogen) atoms. The lowest BCUT2D eigenvalue weighted by Crippen LogP contribution is -2.12. The van der Waals surface area contributed by atoms with E-state index in [-0.39, 0.29) is 17.1 Å². The Bertz CT molecular complexity index is 739. The molecular formula is C14H11F3N2O3S. The number of nitrogens with one attached hydrogen (secondary N) is 1. The van der Waals surface area contributed by atoms with Crippen molar-refractivity contribution in [2.45, 2.75) is 19.5 Å². The zero-order valence-corrected chi connectivity index (χ0v) is 12.6. The van der Waals surface area contributed by atoms with Crippen molar-refractivity contribution in [2.75, 3.05) is 5.32 Å². The van der Waals surface area contributed by atoms with Crippen molar-refractivity contribution in [1.29, 1.82) is 0 Å². The molecule has 0 spiro atoms. The van der Waals surface area contributed by atoms with Gasteiger partial charge in [-0.05, 0) is 31.2 Å². The van der Waals surface area contributed by atoms with E-state index in [1.54, 1.807) is 6.92 Å². The molecule has 0 saturated heterocycles. The minimum atomic E-state index is -4.47. The van der Waals surface area contributed by atoms with E-state index in [0.29, 0.717) is 10.6 Å². The number of aromatic nitrogens is 1. The van der Waals surface area contributed by atoms with E-state index in [1.165, 1.54) is 0 Å². The molecule has 1 amide bonds.